The van der Waals surface area contributed by atoms with Gasteiger partial charge in [-0.3, -0.25) is 4.79 Å². The molecule has 5 aliphatic rings. The van der Waals surface area contributed by atoms with Crippen LogP contribution in [0.1, 0.15) is 74.7 Å². The summed E-state index contributed by atoms with van der Waals surface area (Å²) in [7, 11) is 0. The van der Waals surface area contributed by atoms with Gasteiger partial charge in [-0.2, -0.15) is 0 Å². The van der Waals surface area contributed by atoms with E-state index < -0.39 is 29.0 Å². The van der Waals surface area contributed by atoms with Gasteiger partial charge in [0.15, 0.2) is 11.6 Å². The van der Waals surface area contributed by atoms with Crippen molar-refractivity contribution in [1.82, 2.24) is 0 Å². The van der Waals surface area contributed by atoms with E-state index in [4.69, 9.17) is 9.47 Å². The Bertz CT molecular complexity index is 934. The van der Waals surface area contributed by atoms with Crippen LogP contribution in [0.25, 0.3) is 0 Å². The predicted molar refractivity (Wildman–Crippen MR) is 131 cm³/mol. The summed E-state index contributed by atoms with van der Waals surface area (Å²) in [6.07, 6.45) is 4.32. The van der Waals surface area contributed by atoms with Crippen LogP contribution in [0.15, 0.2) is 23.3 Å². The number of carbonyl (C=O) groups excluding carboxylic acids is 1. The minimum absolute atomic E-state index is 0.0558. The first kappa shape index (κ1) is 24.7. The average Bonchev–Trinajstić information content (AvgIpc) is 3.22. The Hall–Kier alpha value is -1.01. The molecule has 2 unspecified atom stereocenters. The van der Waals surface area contributed by atoms with Crippen LogP contribution in [-0.2, 0) is 14.3 Å². The molecule has 1 heterocycles. The fourth-order valence-electron chi connectivity index (χ4n) is 8.57. The van der Waals surface area contributed by atoms with E-state index in [0.717, 1.165) is 12.0 Å². The topological polar surface area (TPSA) is 76.0 Å². The summed E-state index contributed by atoms with van der Waals surface area (Å²) in [5.74, 6) is 0.181. The molecule has 0 aromatic heterocycles. The molecule has 2 bridgehead atoms. The average molecular weight is 473 g/mol. The lowest BCUT2D eigenvalue weighted by molar-refractivity contribution is -0.327. The second-order valence-corrected chi connectivity index (χ2v) is 13.6. The second-order valence-electron chi connectivity index (χ2n) is 13.6. The molecular weight excluding hydrogens is 428 g/mol. The highest BCUT2D eigenvalue weighted by Crippen LogP contribution is 2.72. The van der Waals surface area contributed by atoms with Crippen molar-refractivity contribution in [3.63, 3.8) is 0 Å². The Morgan fingerprint density at radius 3 is 2.35 bits per heavy atom. The van der Waals surface area contributed by atoms with Crippen molar-refractivity contribution in [1.29, 1.82) is 0 Å². The molecule has 190 valence electrons. The highest BCUT2D eigenvalue weighted by Gasteiger charge is 2.76. The third kappa shape index (κ3) is 3.02. The molecule has 3 fully saturated rings. The molecule has 0 aromatic rings. The Morgan fingerprint density at radius 2 is 1.76 bits per heavy atom. The maximum atomic E-state index is 14.5. The number of allylic oxidation sites excluding steroid dienone is 1. The van der Waals surface area contributed by atoms with E-state index in [9.17, 15) is 15.0 Å². The number of ether oxygens (including phenoxy) is 2. The maximum Gasteiger partial charge on any atom is 0.170 e. The van der Waals surface area contributed by atoms with E-state index in [1.807, 2.05) is 13.0 Å². The third-order valence-electron chi connectivity index (χ3n) is 9.99. The van der Waals surface area contributed by atoms with Gasteiger partial charge in [0.25, 0.3) is 0 Å². The van der Waals surface area contributed by atoms with E-state index in [2.05, 4.69) is 54.5 Å². The maximum absolute atomic E-state index is 14.5. The van der Waals surface area contributed by atoms with E-state index in [-0.39, 0.29) is 29.0 Å². The molecule has 4 aliphatic carbocycles. The van der Waals surface area contributed by atoms with Gasteiger partial charge in [0, 0.05) is 18.8 Å². The fraction of sp³-hybridized carbons (Fsp3) is 0.828. The van der Waals surface area contributed by atoms with Gasteiger partial charge >= 0.3 is 0 Å². The summed E-state index contributed by atoms with van der Waals surface area (Å²) in [5, 5.41) is 24.2. The van der Waals surface area contributed by atoms with Gasteiger partial charge in [-0.25, -0.2) is 0 Å². The molecule has 5 heteroatoms. The van der Waals surface area contributed by atoms with Crippen LogP contribution >= 0.6 is 0 Å². The number of carbonyl (C=O) groups is 1. The molecule has 8 atom stereocenters. The van der Waals surface area contributed by atoms with Crippen LogP contribution in [-0.4, -0.2) is 46.2 Å². The Labute approximate surface area is 205 Å². The van der Waals surface area contributed by atoms with Crippen LogP contribution < -0.4 is 0 Å². The fourth-order valence-corrected chi connectivity index (χ4v) is 8.57. The molecule has 5 nitrogen and oxygen atoms in total. The lowest BCUT2D eigenvalue weighted by Crippen LogP contribution is -2.68. The van der Waals surface area contributed by atoms with E-state index in [1.165, 1.54) is 0 Å². The van der Waals surface area contributed by atoms with Gasteiger partial charge in [0.05, 0.1) is 12.0 Å². The molecule has 0 amide bonds. The molecule has 1 spiro atoms. The summed E-state index contributed by atoms with van der Waals surface area (Å²) >= 11 is 0. The monoisotopic (exact) mass is 472 g/mol. The predicted octanol–water partition coefficient (Wildman–Crippen LogP) is 4.67. The van der Waals surface area contributed by atoms with Crippen molar-refractivity contribution in [2.45, 2.75) is 98.2 Å². The number of aliphatic hydroxyl groups excluding tert-OH is 1. The van der Waals surface area contributed by atoms with Crippen molar-refractivity contribution in [2.24, 2.45) is 46.3 Å². The SMILES string of the molecule is CC1=CC23C(=O)C(C=C4COC(CC(C)C)(CC(C)C)O[C@H]4[C@]2(O)[C@H]1O)[C@H]1[C@@H](C[C@H]3C)C1(C)C. The van der Waals surface area contributed by atoms with Gasteiger partial charge in [-0.15, -0.1) is 0 Å². The van der Waals surface area contributed by atoms with Crippen LogP contribution in [0.2, 0.25) is 0 Å². The molecule has 1 saturated heterocycles. The van der Waals surface area contributed by atoms with Crippen molar-refractivity contribution in [3.8, 4) is 0 Å². The number of hydrogen-bond donors (Lipinski definition) is 2. The molecule has 2 saturated carbocycles. The van der Waals surface area contributed by atoms with Gasteiger partial charge in [0.2, 0.25) is 0 Å². The van der Waals surface area contributed by atoms with E-state index >= 15 is 0 Å². The standard InChI is InChI=1S/C29H44O5/c1-15(2)11-27(12-16(3)4)33-14-19-10-20-22-21(26(22,7)8)9-18(6)28(24(20)31)13-17(5)23(30)29(28,32)25(19)34-27/h10,13,15-16,18,20-23,25,30,32H,9,11-12,14H2,1-8H3/t18-,20?,21-,22+,23+,25-,28?,29-/m1/s1. The van der Waals surface area contributed by atoms with Crippen molar-refractivity contribution < 1.29 is 24.5 Å². The van der Waals surface area contributed by atoms with Gasteiger partial charge in [-0.1, -0.05) is 60.6 Å². The number of aliphatic hydroxyl groups is 2. The van der Waals surface area contributed by atoms with Gasteiger partial charge in [0.1, 0.15) is 17.8 Å². The first-order valence-electron chi connectivity index (χ1n) is 13.4. The molecule has 5 rings (SSSR count). The molecule has 0 radical (unpaired) electrons. The molecular formula is C29H44O5. The second kappa shape index (κ2) is 7.50. The van der Waals surface area contributed by atoms with Crippen LogP contribution in [0.3, 0.4) is 0 Å². The summed E-state index contributed by atoms with van der Waals surface area (Å²) in [6.45, 7) is 17.4. The number of ketones is 1. The number of hydrogen-bond acceptors (Lipinski definition) is 5. The number of fused-ring (bicyclic) bond motifs is 5. The summed E-state index contributed by atoms with van der Waals surface area (Å²) in [6, 6.07) is 0. The lowest BCUT2D eigenvalue weighted by atomic mass is 9.59. The number of Topliss-reactive ketones (excluding diaryl/α,β-unsaturated/α-hetero) is 1. The largest absolute Gasteiger partial charge is 0.386 e. The summed E-state index contributed by atoms with van der Waals surface area (Å²) < 4.78 is 13.4. The van der Waals surface area contributed by atoms with Crippen molar-refractivity contribution in [2.75, 3.05) is 6.61 Å². The quantitative estimate of drug-likeness (QED) is 0.582. The minimum Gasteiger partial charge on any atom is -0.386 e. The Kier molecular flexibility index (Phi) is 5.44. The van der Waals surface area contributed by atoms with Crippen LogP contribution in [0.4, 0.5) is 0 Å². The molecule has 0 aromatic carbocycles. The van der Waals surface area contributed by atoms with E-state index in [1.54, 1.807) is 0 Å². The van der Waals surface area contributed by atoms with Crippen molar-refractivity contribution >= 4 is 5.78 Å². The normalized spacial score (nSPS) is 46.2. The zero-order chi connectivity index (χ0) is 25.0. The van der Waals surface area contributed by atoms with Gasteiger partial charge in [-0.05, 0) is 59.5 Å². The van der Waals surface area contributed by atoms with E-state index in [0.29, 0.717) is 42.8 Å². The smallest absolute Gasteiger partial charge is 0.170 e. The first-order chi connectivity index (χ1) is 15.7. The zero-order valence-electron chi connectivity index (χ0n) is 22.2. The minimum atomic E-state index is -1.74. The third-order valence-corrected chi connectivity index (χ3v) is 9.99. The highest BCUT2D eigenvalue weighted by molar-refractivity contribution is 5.95. The lowest BCUT2D eigenvalue weighted by Gasteiger charge is -2.54. The Balaban J connectivity index is 1.69. The van der Waals surface area contributed by atoms with Crippen molar-refractivity contribution in [3.05, 3.63) is 23.3 Å². The molecule has 34 heavy (non-hydrogen) atoms. The first-order valence-corrected chi connectivity index (χ1v) is 13.4. The zero-order valence-corrected chi connectivity index (χ0v) is 22.2. The molecule has 1 aliphatic heterocycles. The van der Waals surface area contributed by atoms with Gasteiger partial charge < -0.3 is 19.7 Å². The molecule has 2 N–H and O–H groups in total. The summed E-state index contributed by atoms with van der Waals surface area (Å²) in [4.78, 5) is 14.5. The van der Waals surface area contributed by atoms with Crippen LogP contribution in [0, 0.1) is 46.3 Å². The summed E-state index contributed by atoms with van der Waals surface area (Å²) in [5.41, 5.74) is -1.31. The Morgan fingerprint density at radius 1 is 1.15 bits per heavy atom. The number of rotatable bonds is 4. The highest BCUT2D eigenvalue weighted by atomic mass is 16.7. The van der Waals surface area contributed by atoms with Crippen LogP contribution in [0.5, 0.6) is 0 Å².